The highest BCUT2D eigenvalue weighted by Gasteiger charge is 2.09. The molecule has 1 N–H and O–H groups in total. The van der Waals surface area contributed by atoms with Gasteiger partial charge >= 0.3 is 0 Å². The second-order valence-corrected chi connectivity index (χ2v) is 3.80. The van der Waals surface area contributed by atoms with Gasteiger partial charge in [-0.25, -0.2) is 14.6 Å². The fourth-order valence-corrected chi connectivity index (χ4v) is 1.61. The van der Waals surface area contributed by atoms with E-state index in [-0.39, 0.29) is 6.61 Å². The zero-order valence-corrected chi connectivity index (χ0v) is 10.1. The highest BCUT2D eigenvalue weighted by Crippen LogP contribution is 2.10. The molecule has 0 unspecified atom stereocenters. The Balaban J connectivity index is 2.40. The van der Waals surface area contributed by atoms with Gasteiger partial charge in [0.15, 0.2) is 0 Å². The van der Waals surface area contributed by atoms with Crippen molar-refractivity contribution in [3.8, 4) is 5.95 Å². The highest BCUT2D eigenvalue weighted by molar-refractivity contribution is 5.21. The molecule has 0 aliphatic heterocycles. The molecule has 0 fully saturated rings. The van der Waals surface area contributed by atoms with Gasteiger partial charge in [-0.1, -0.05) is 13.8 Å². The van der Waals surface area contributed by atoms with E-state index in [9.17, 15) is 0 Å². The molecule has 0 aliphatic rings. The fourth-order valence-electron chi connectivity index (χ4n) is 1.61. The van der Waals surface area contributed by atoms with Gasteiger partial charge < -0.3 is 5.11 Å². The van der Waals surface area contributed by atoms with Crippen molar-refractivity contribution in [2.75, 3.05) is 0 Å². The van der Waals surface area contributed by atoms with Crippen molar-refractivity contribution >= 4 is 0 Å². The molecular formula is C12H16N4O. The number of aromatic nitrogens is 4. The first-order valence-electron chi connectivity index (χ1n) is 5.78. The maximum atomic E-state index is 8.94. The molecule has 2 rings (SSSR count). The third kappa shape index (κ3) is 2.34. The van der Waals surface area contributed by atoms with E-state index in [0.717, 1.165) is 24.2 Å². The predicted octanol–water partition coefficient (Wildman–Crippen LogP) is 1.28. The minimum absolute atomic E-state index is 0.0414. The lowest BCUT2D eigenvalue weighted by Crippen LogP contribution is -2.07. The van der Waals surface area contributed by atoms with Crippen LogP contribution in [0.3, 0.4) is 0 Å². The van der Waals surface area contributed by atoms with Crippen LogP contribution in [0.2, 0.25) is 0 Å². The topological polar surface area (TPSA) is 63.8 Å². The number of rotatable bonds is 4. The van der Waals surface area contributed by atoms with Crippen LogP contribution in [0, 0.1) is 0 Å². The Morgan fingerprint density at radius 1 is 1.18 bits per heavy atom. The van der Waals surface area contributed by atoms with E-state index >= 15 is 0 Å². The first kappa shape index (κ1) is 11.7. The average molecular weight is 232 g/mol. The molecule has 17 heavy (non-hydrogen) atoms. The van der Waals surface area contributed by atoms with Crippen molar-refractivity contribution < 1.29 is 5.11 Å². The number of aliphatic hydroxyl groups excluding tert-OH is 1. The molecule has 5 nitrogen and oxygen atoms in total. The summed E-state index contributed by atoms with van der Waals surface area (Å²) in [5.41, 5.74) is 2.84. The quantitative estimate of drug-likeness (QED) is 0.862. The summed E-state index contributed by atoms with van der Waals surface area (Å²) < 4.78 is 1.76. The number of aliphatic hydroxyl groups is 1. The predicted molar refractivity (Wildman–Crippen MR) is 63.8 cm³/mol. The van der Waals surface area contributed by atoms with E-state index in [1.54, 1.807) is 17.1 Å². The van der Waals surface area contributed by atoms with Crippen LogP contribution in [-0.4, -0.2) is 24.9 Å². The van der Waals surface area contributed by atoms with Crippen molar-refractivity contribution in [1.29, 1.82) is 0 Å². The minimum Gasteiger partial charge on any atom is -0.392 e. The molecule has 0 aliphatic carbocycles. The molecule has 0 saturated heterocycles. The van der Waals surface area contributed by atoms with Gasteiger partial charge in [0.25, 0.3) is 5.95 Å². The normalized spacial score (nSPS) is 10.8. The Labute approximate surface area is 100 Å². The average Bonchev–Trinajstić information content (AvgIpc) is 2.82. The summed E-state index contributed by atoms with van der Waals surface area (Å²) >= 11 is 0. The summed E-state index contributed by atoms with van der Waals surface area (Å²) in [4.78, 5) is 8.41. The van der Waals surface area contributed by atoms with Crippen LogP contribution in [0.1, 0.15) is 30.8 Å². The fraction of sp³-hybridized carbons (Fsp3) is 0.417. The number of hydrogen-bond acceptors (Lipinski definition) is 4. The van der Waals surface area contributed by atoms with Gasteiger partial charge in [0, 0.05) is 23.7 Å². The van der Waals surface area contributed by atoms with Gasteiger partial charge in [-0.2, -0.15) is 5.10 Å². The summed E-state index contributed by atoms with van der Waals surface area (Å²) in [7, 11) is 0. The molecule has 0 atom stereocenters. The molecule has 0 spiro atoms. The van der Waals surface area contributed by atoms with Crippen LogP contribution in [0.25, 0.3) is 5.95 Å². The zero-order chi connectivity index (χ0) is 12.3. The van der Waals surface area contributed by atoms with Gasteiger partial charge in [-0.05, 0) is 18.9 Å². The second kappa shape index (κ2) is 5.05. The zero-order valence-electron chi connectivity index (χ0n) is 10.1. The molecule has 2 aromatic rings. The van der Waals surface area contributed by atoms with E-state index in [1.165, 1.54) is 0 Å². The number of aryl methyl sites for hydroxylation is 2. The Morgan fingerprint density at radius 2 is 1.88 bits per heavy atom. The molecule has 0 aromatic carbocycles. The lowest BCUT2D eigenvalue weighted by Gasteiger charge is -2.03. The van der Waals surface area contributed by atoms with Gasteiger partial charge in [0.1, 0.15) is 0 Å². The van der Waals surface area contributed by atoms with Crippen LogP contribution >= 0.6 is 0 Å². The Morgan fingerprint density at radius 3 is 2.41 bits per heavy atom. The molecule has 2 heterocycles. The summed E-state index contributed by atoms with van der Waals surface area (Å²) in [6, 6.07) is 2.07. The first-order chi connectivity index (χ1) is 8.28. The SMILES string of the molecule is CCc1cc(CC)n(-c2ncc(CO)cn2)n1. The van der Waals surface area contributed by atoms with Crippen molar-refractivity contribution in [1.82, 2.24) is 19.7 Å². The second-order valence-electron chi connectivity index (χ2n) is 3.80. The first-order valence-corrected chi connectivity index (χ1v) is 5.78. The summed E-state index contributed by atoms with van der Waals surface area (Å²) in [5, 5.41) is 13.4. The molecule has 5 heteroatoms. The largest absolute Gasteiger partial charge is 0.392 e. The van der Waals surface area contributed by atoms with Gasteiger partial charge in [0.05, 0.1) is 12.3 Å². The van der Waals surface area contributed by atoms with E-state index in [2.05, 4.69) is 35.0 Å². The number of nitrogens with zero attached hydrogens (tertiary/aromatic N) is 4. The Bertz CT molecular complexity index is 490. The van der Waals surface area contributed by atoms with Crippen LogP contribution in [0.4, 0.5) is 0 Å². The lowest BCUT2D eigenvalue weighted by atomic mass is 10.3. The van der Waals surface area contributed by atoms with Crippen LogP contribution in [0.5, 0.6) is 0 Å². The smallest absolute Gasteiger partial charge is 0.250 e. The molecule has 90 valence electrons. The molecule has 0 bridgehead atoms. The molecule has 0 saturated carbocycles. The Hall–Kier alpha value is -1.75. The lowest BCUT2D eigenvalue weighted by molar-refractivity contribution is 0.281. The standard InChI is InChI=1S/C12H16N4O/c1-3-10-5-11(4-2)16(15-10)12-13-6-9(8-17)7-14-12/h5-7,17H,3-4,8H2,1-2H3. The van der Waals surface area contributed by atoms with E-state index in [1.807, 2.05) is 0 Å². The van der Waals surface area contributed by atoms with Crippen LogP contribution in [-0.2, 0) is 19.4 Å². The van der Waals surface area contributed by atoms with E-state index < -0.39 is 0 Å². The molecular weight excluding hydrogens is 216 g/mol. The third-order valence-electron chi connectivity index (χ3n) is 2.62. The van der Waals surface area contributed by atoms with Crippen molar-refractivity contribution in [3.63, 3.8) is 0 Å². The minimum atomic E-state index is -0.0414. The highest BCUT2D eigenvalue weighted by atomic mass is 16.3. The number of hydrogen-bond donors (Lipinski definition) is 1. The van der Waals surface area contributed by atoms with Crippen molar-refractivity contribution in [2.45, 2.75) is 33.3 Å². The van der Waals surface area contributed by atoms with Gasteiger partial charge in [0.2, 0.25) is 0 Å². The van der Waals surface area contributed by atoms with Gasteiger partial charge in [-0.3, -0.25) is 0 Å². The maximum Gasteiger partial charge on any atom is 0.250 e. The molecule has 0 radical (unpaired) electrons. The third-order valence-corrected chi connectivity index (χ3v) is 2.62. The van der Waals surface area contributed by atoms with Crippen molar-refractivity contribution in [3.05, 3.63) is 35.4 Å². The Kier molecular flexibility index (Phi) is 3.49. The monoisotopic (exact) mass is 232 g/mol. The maximum absolute atomic E-state index is 8.94. The molecule has 0 amide bonds. The van der Waals surface area contributed by atoms with E-state index in [0.29, 0.717) is 11.5 Å². The summed E-state index contributed by atoms with van der Waals surface area (Å²) in [6.07, 6.45) is 5.02. The van der Waals surface area contributed by atoms with E-state index in [4.69, 9.17) is 5.11 Å². The molecule has 2 aromatic heterocycles. The van der Waals surface area contributed by atoms with Crippen LogP contribution in [0.15, 0.2) is 18.5 Å². The van der Waals surface area contributed by atoms with Crippen molar-refractivity contribution in [2.24, 2.45) is 0 Å². The van der Waals surface area contributed by atoms with Gasteiger partial charge in [-0.15, -0.1) is 0 Å². The summed E-state index contributed by atoms with van der Waals surface area (Å²) in [5.74, 6) is 0.554. The summed E-state index contributed by atoms with van der Waals surface area (Å²) in [6.45, 7) is 4.11. The van der Waals surface area contributed by atoms with Crippen LogP contribution < -0.4 is 0 Å².